The molecule has 0 aromatic carbocycles. The zero-order valence-corrected chi connectivity index (χ0v) is 11.3. The first-order valence-corrected chi connectivity index (χ1v) is 6.32. The third-order valence-electron chi connectivity index (χ3n) is 3.04. The number of carbonyl (C=O) groups excluding carboxylic acids is 1. The molecule has 0 bridgehead atoms. The summed E-state index contributed by atoms with van der Waals surface area (Å²) in [5, 5.41) is 4.15. The molecule has 6 heteroatoms. The summed E-state index contributed by atoms with van der Waals surface area (Å²) < 4.78 is 8.46. The average molecular weight is 270 g/mol. The molecule has 3 rings (SSSR count). The minimum absolute atomic E-state index is 0.347. The number of ether oxygens (including phenoxy) is 1. The lowest BCUT2D eigenvalue weighted by molar-refractivity contribution is 0.0518. The lowest BCUT2D eigenvalue weighted by atomic mass is 10.1. The Kier molecular flexibility index (Phi) is 2.98. The number of imidazole rings is 1. The molecule has 3 aromatic rings. The Bertz CT molecular complexity index is 772. The Labute approximate surface area is 115 Å². The molecule has 0 aliphatic rings. The molecule has 0 atom stereocenters. The third kappa shape index (κ3) is 2.05. The summed E-state index contributed by atoms with van der Waals surface area (Å²) in [5.41, 5.74) is 3.15. The van der Waals surface area contributed by atoms with Gasteiger partial charge in [-0.2, -0.15) is 5.10 Å². The molecule has 0 N–H and O–H groups in total. The van der Waals surface area contributed by atoms with Gasteiger partial charge in [-0.25, -0.2) is 9.78 Å². The maximum absolute atomic E-state index is 11.8. The number of nitrogens with zero attached hydrogens (tertiary/aromatic N) is 4. The molecule has 20 heavy (non-hydrogen) atoms. The van der Waals surface area contributed by atoms with Gasteiger partial charge >= 0.3 is 5.97 Å². The van der Waals surface area contributed by atoms with Crippen molar-refractivity contribution < 1.29 is 9.53 Å². The highest BCUT2D eigenvalue weighted by Gasteiger charge is 2.13. The fraction of sp³-hybridized carbons (Fsp3) is 0.214. The van der Waals surface area contributed by atoms with Crippen LogP contribution in [-0.2, 0) is 11.8 Å². The van der Waals surface area contributed by atoms with Crippen molar-refractivity contribution in [1.82, 2.24) is 19.2 Å². The number of aromatic nitrogens is 4. The van der Waals surface area contributed by atoms with Gasteiger partial charge in [-0.05, 0) is 24.6 Å². The van der Waals surface area contributed by atoms with Gasteiger partial charge in [-0.1, -0.05) is 0 Å². The maximum Gasteiger partial charge on any atom is 0.356 e. The standard InChI is InChI=1S/C14H14N4O2/c1-3-20-14(19)12-8-15-13-6-10(4-5-18(12)13)11-7-16-17(2)9-11/h4-9H,3H2,1-2H3. The van der Waals surface area contributed by atoms with Crippen LogP contribution in [0.2, 0.25) is 0 Å². The number of carbonyl (C=O) groups is 1. The van der Waals surface area contributed by atoms with Gasteiger partial charge in [0, 0.05) is 25.0 Å². The molecule has 0 saturated heterocycles. The highest BCUT2D eigenvalue weighted by atomic mass is 16.5. The van der Waals surface area contributed by atoms with Crippen LogP contribution in [0.5, 0.6) is 0 Å². The van der Waals surface area contributed by atoms with Crippen molar-refractivity contribution in [2.45, 2.75) is 6.92 Å². The van der Waals surface area contributed by atoms with E-state index in [2.05, 4.69) is 10.1 Å². The van der Waals surface area contributed by atoms with E-state index in [0.29, 0.717) is 17.9 Å². The Morgan fingerprint density at radius 1 is 1.35 bits per heavy atom. The van der Waals surface area contributed by atoms with Gasteiger partial charge in [-0.3, -0.25) is 9.08 Å². The van der Waals surface area contributed by atoms with Crippen LogP contribution in [0.15, 0.2) is 36.9 Å². The number of rotatable bonds is 3. The van der Waals surface area contributed by atoms with Crippen LogP contribution in [0.3, 0.4) is 0 Å². The van der Waals surface area contributed by atoms with Crippen molar-refractivity contribution in [2.24, 2.45) is 7.05 Å². The fourth-order valence-corrected chi connectivity index (χ4v) is 2.09. The van der Waals surface area contributed by atoms with E-state index in [-0.39, 0.29) is 5.97 Å². The minimum Gasteiger partial charge on any atom is -0.461 e. The van der Waals surface area contributed by atoms with Crippen molar-refractivity contribution in [3.8, 4) is 11.1 Å². The normalized spacial score (nSPS) is 10.9. The quantitative estimate of drug-likeness (QED) is 0.682. The smallest absolute Gasteiger partial charge is 0.356 e. The molecule has 0 saturated carbocycles. The summed E-state index contributed by atoms with van der Waals surface area (Å²) in [6.07, 6.45) is 7.07. The van der Waals surface area contributed by atoms with Crippen LogP contribution in [-0.4, -0.2) is 31.7 Å². The van der Waals surface area contributed by atoms with Crippen LogP contribution in [0.4, 0.5) is 0 Å². The van der Waals surface area contributed by atoms with E-state index in [9.17, 15) is 4.79 Å². The highest BCUT2D eigenvalue weighted by molar-refractivity contribution is 5.88. The molecular formula is C14H14N4O2. The van der Waals surface area contributed by atoms with Crippen LogP contribution >= 0.6 is 0 Å². The second kappa shape index (κ2) is 4.80. The predicted octanol–water partition coefficient (Wildman–Crippen LogP) is 1.91. The summed E-state index contributed by atoms with van der Waals surface area (Å²) >= 11 is 0. The monoisotopic (exact) mass is 270 g/mol. The summed E-state index contributed by atoms with van der Waals surface area (Å²) in [6.45, 7) is 2.13. The first kappa shape index (κ1) is 12.4. The van der Waals surface area contributed by atoms with E-state index >= 15 is 0 Å². The van der Waals surface area contributed by atoms with Crippen molar-refractivity contribution in [1.29, 1.82) is 0 Å². The first-order valence-electron chi connectivity index (χ1n) is 6.32. The fourth-order valence-electron chi connectivity index (χ4n) is 2.09. The van der Waals surface area contributed by atoms with Gasteiger partial charge in [0.15, 0.2) is 5.69 Å². The first-order chi connectivity index (χ1) is 9.69. The van der Waals surface area contributed by atoms with E-state index in [1.807, 2.05) is 31.6 Å². The molecule has 6 nitrogen and oxygen atoms in total. The lowest BCUT2D eigenvalue weighted by Crippen LogP contribution is -2.07. The number of aryl methyl sites for hydroxylation is 1. The number of fused-ring (bicyclic) bond motifs is 1. The van der Waals surface area contributed by atoms with Crippen molar-refractivity contribution in [3.63, 3.8) is 0 Å². The zero-order valence-electron chi connectivity index (χ0n) is 11.3. The van der Waals surface area contributed by atoms with Crippen LogP contribution in [0, 0.1) is 0 Å². The van der Waals surface area contributed by atoms with Crippen molar-refractivity contribution in [3.05, 3.63) is 42.6 Å². The molecule has 102 valence electrons. The van der Waals surface area contributed by atoms with E-state index < -0.39 is 0 Å². The second-order valence-electron chi connectivity index (χ2n) is 4.41. The lowest BCUT2D eigenvalue weighted by Gasteiger charge is -2.03. The number of hydrogen-bond donors (Lipinski definition) is 0. The van der Waals surface area contributed by atoms with Gasteiger partial charge in [0.2, 0.25) is 0 Å². The Hall–Kier alpha value is -2.63. The molecule has 0 radical (unpaired) electrons. The van der Waals surface area contributed by atoms with Crippen LogP contribution in [0.1, 0.15) is 17.4 Å². The minimum atomic E-state index is -0.367. The molecule has 0 unspecified atom stereocenters. The molecule has 3 heterocycles. The van der Waals surface area contributed by atoms with Crippen molar-refractivity contribution >= 4 is 11.6 Å². The zero-order chi connectivity index (χ0) is 14.1. The summed E-state index contributed by atoms with van der Waals surface area (Å²) in [4.78, 5) is 16.0. The van der Waals surface area contributed by atoms with Crippen LogP contribution < -0.4 is 0 Å². The van der Waals surface area contributed by atoms with E-state index in [1.54, 1.807) is 22.2 Å². The molecule has 0 spiro atoms. The maximum atomic E-state index is 11.8. The SMILES string of the molecule is CCOC(=O)c1cnc2cc(-c3cnn(C)c3)ccn12. The van der Waals surface area contributed by atoms with Gasteiger partial charge in [0.1, 0.15) is 5.65 Å². The second-order valence-corrected chi connectivity index (χ2v) is 4.41. The average Bonchev–Trinajstić information content (AvgIpc) is 3.04. The molecule has 0 amide bonds. The largest absolute Gasteiger partial charge is 0.461 e. The number of hydrogen-bond acceptors (Lipinski definition) is 4. The van der Waals surface area contributed by atoms with E-state index in [1.165, 1.54) is 6.20 Å². The topological polar surface area (TPSA) is 61.4 Å². The predicted molar refractivity (Wildman–Crippen MR) is 73.4 cm³/mol. The van der Waals surface area contributed by atoms with Gasteiger partial charge in [-0.15, -0.1) is 0 Å². The molecule has 0 aliphatic carbocycles. The Morgan fingerprint density at radius 3 is 2.90 bits per heavy atom. The van der Waals surface area contributed by atoms with E-state index in [0.717, 1.165) is 11.1 Å². The van der Waals surface area contributed by atoms with Crippen molar-refractivity contribution in [2.75, 3.05) is 6.61 Å². The molecule has 3 aromatic heterocycles. The summed E-state index contributed by atoms with van der Waals surface area (Å²) in [7, 11) is 1.87. The van der Waals surface area contributed by atoms with Crippen LogP contribution in [0.25, 0.3) is 16.8 Å². The van der Waals surface area contributed by atoms with E-state index in [4.69, 9.17) is 4.74 Å². The summed E-state index contributed by atoms with van der Waals surface area (Å²) in [6, 6.07) is 3.84. The highest BCUT2D eigenvalue weighted by Crippen LogP contribution is 2.20. The molecule has 0 aliphatic heterocycles. The Morgan fingerprint density at radius 2 is 2.20 bits per heavy atom. The Balaban J connectivity index is 2.03. The van der Waals surface area contributed by atoms with Gasteiger partial charge in [0.25, 0.3) is 0 Å². The third-order valence-corrected chi connectivity index (χ3v) is 3.04. The van der Waals surface area contributed by atoms with Gasteiger partial charge < -0.3 is 4.74 Å². The summed E-state index contributed by atoms with van der Waals surface area (Å²) in [5.74, 6) is -0.367. The molecular weight excluding hydrogens is 256 g/mol. The number of esters is 1. The molecule has 0 fully saturated rings. The number of pyridine rings is 1. The van der Waals surface area contributed by atoms with Gasteiger partial charge in [0.05, 0.1) is 19.0 Å².